The van der Waals surface area contributed by atoms with Crippen LogP contribution in [-0.4, -0.2) is 28.1 Å². The number of nitrogens with one attached hydrogen (secondary N) is 1. The van der Waals surface area contributed by atoms with E-state index in [1.165, 1.54) is 25.3 Å². The summed E-state index contributed by atoms with van der Waals surface area (Å²) in [7, 11) is 0. The van der Waals surface area contributed by atoms with Crippen molar-refractivity contribution in [1.82, 2.24) is 10.1 Å². The number of carbonyl (C=O) groups is 2. The molecule has 1 N–H and O–H groups in total. The fourth-order valence-corrected chi connectivity index (χ4v) is 1.52. The van der Waals surface area contributed by atoms with Crippen molar-refractivity contribution >= 4 is 29.3 Å². The Kier molecular flexibility index (Phi) is 4.54. The van der Waals surface area contributed by atoms with Gasteiger partial charge in [-0.2, -0.15) is 0 Å². The number of aryl methyl sites for hydroxylation is 1. The smallest absolute Gasteiger partial charge is 0.377 e. The standard InChI is InChI=1S/C13H12ClN3O4/c1-7-5-10(21-17-7)13(19)20-8(2)12(18)16-11-4-3-9(14)6-15-11/h3-6,8H,1-2H3,(H,15,16,18)/t8-/m1/s1. The first-order chi connectivity index (χ1) is 9.95. The molecule has 0 aliphatic heterocycles. The summed E-state index contributed by atoms with van der Waals surface area (Å²) in [6, 6.07) is 4.54. The lowest BCUT2D eigenvalue weighted by molar-refractivity contribution is -0.123. The van der Waals surface area contributed by atoms with Crippen LogP contribution in [0.1, 0.15) is 23.2 Å². The van der Waals surface area contributed by atoms with E-state index in [9.17, 15) is 9.59 Å². The second kappa shape index (κ2) is 6.36. The molecule has 110 valence electrons. The van der Waals surface area contributed by atoms with Crippen molar-refractivity contribution in [3.05, 3.63) is 40.9 Å². The van der Waals surface area contributed by atoms with Crippen LogP contribution in [0.3, 0.4) is 0 Å². The van der Waals surface area contributed by atoms with Crippen molar-refractivity contribution in [2.45, 2.75) is 20.0 Å². The van der Waals surface area contributed by atoms with Gasteiger partial charge in [0.15, 0.2) is 6.10 Å². The van der Waals surface area contributed by atoms with Gasteiger partial charge < -0.3 is 14.6 Å². The Morgan fingerprint density at radius 1 is 1.43 bits per heavy atom. The van der Waals surface area contributed by atoms with E-state index in [0.717, 1.165) is 0 Å². The number of pyridine rings is 1. The van der Waals surface area contributed by atoms with Crippen LogP contribution in [0.2, 0.25) is 5.02 Å². The highest BCUT2D eigenvalue weighted by atomic mass is 35.5. The molecule has 0 saturated carbocycles. The van der Waals surface area contributed by atoms with Crippen molar-refractivity contribution in [2.75, 3.05) is 5.32 Å². The molecule has 0 fully saturated rings. The van der Waals surface area contributed by atoms with Crippen molar-refractivity contribution in [2.24, 2.45) is 0 Å². The molecule has 0 bridgehead atoms. The predicted octanol–water partition coefficient (Wildman–Crippen LogP) is 2.22. The van der Waals surface area contributed by atoms with Gasteiger partial charge in [0.05, 0.1) is 10.7 Å². The van der Waals surface area contributed by atoms with Crippen LogP contribution in [0.5, 0.6) is 0 Å². The van der Waals surface area contributed by atoms with Crippen LogP contribution in [0.4, 0.5) is 5.82 Å². The highest BCUT2D eigenvalue weighted by Gasteiger charge is 2.21. The Bertz CT molecular complexity index is 654. The van der Waals surface area contributed by atoms with Crippen LogP contribution in [0.25, 0.3) is 0 Å². The number of anilines is 1. The lowest BCUT2D eigenvalue weighted by Gasteiger charge is -2.11. The zero-order chi connectivity index (χ0) is 15.4. The van der Waals surface area contributed by atoms with Gasteiger partial charge >= 0.3 is 5.97 Å². The molecule has 21 heavy (non-hydrogen) atoms. The van der Waals surface area contributed by atoms with E-state index in [0.29, 0.717) is 16.5 Å². The van der Waals surface area contributed by atoms with Gasteiger partial charge in [0, 0.05) is 12.3 Å². The first-order valence-electron chi connectivity index (χ1n) is 6.02. The molecular formula is C13H12ClN3O4. The Hall–Kier alpha value is -2.41. The number of nitrogens with zero attached hydrogens (tertiary/aromatic N) is 2. The Balaban J connectivity index is 1.93. The van der Waals surface area contributed by atoms with E-state index < -0.39 is 18.0 Å². The molecule has 0 radical (unpaired) electrons. The molecular weight excluding hydrogens is 298 g/mol. The third-order valence-electron chi connectivity index (χ3n) is 2.46. The largest absolute Gasteiger partial charge is 0.447 e. The van der Waals surface area contributed by atoms with Crippen LogP contribution in [0, 0.1) is 6.92 Å². The summed E-state index contributed by atoms with van der Waals surface area (Å²) in [5.74, 6) is -1.03. The molecule has 0 saturated heterocycles. The predicted molar refractivity (Wildman–Crippen MR) is 74.0 cm³/mol. The average molecular weight is 310 g/mol. The number of rotatable bonds is 4. The number of amides is 1. The summed E-state index contributed by atoms with van der Waals surface area (Å²) in [5, 5.41) is 6.52. The number of ether oxygens (including phenoxy) is 1. The van der Waals surface area contributed by atoms with Crippen molar-refractivity contribution < 1.29 is 18.8 Å². The average Bonchev–Trinajstić information content (AvgIpc) is 2.88. The summed E-state index contributed by atoms with van der Waals surface area (Å²) in [4.78, 5) is 27.5. The minimum absolute atomic E-state index is 0.0585. The van der Waals surface area contributed by atoms with E-state index in [2.05, 4.69) is 15.5 Å². The van der Waals surface area contributed by atoms with Gasteiger partial charge in [-0.3, -0.25) is 4.79 Å². The summed E-state index contributed by atoms with van der Waals surface area (Å²) >= 11 is 5.69. The fraction of sp³-hybridized carbons (Fsp3) is 0.231. The molecule has 7 nitrogen and oxygen atoms in total. The number of halogens is 1. The molecule has 0 aromatic carbocycles. The molecule has 0 aliphatic carbocycles. The van der Waals surface area contributed by atoms with E-state index in [-0.39, 0.29) is 5.76 Å². The van der Waals surface area contributed by atoms with Crippen molar-refractivity contribution in [1.29, 1.82) is 0 Å². The molecule has 2 heterocycles. The molecule has 2 rings (SSSR count). The van der Waals surface area contributed by atoms with E-state index >= 15 is 0 Å². The van der Waals surface area contributed by atoms with E-state index in [1.807, 2.05) is 0 Å². The van der Waals surface area contributed by atoms with E-state index in [1.54, 1.807) is 13.0 Å². The maximum absolute atomic E-state index is 11.9. The number of aromatic nitrogens is 2. The van der Waals surface area contributed by atoms with Crippen molar-refractivity contribution in [3.8, 4) is 0 Å². The highest BCUT2D eigenvalue weighted by Crippen LogP contribution is 2.11. The first-order valence-corrected chi connectivity index (χ1v) is 6.40. The van der Waals surface area contributed by atoms with Gasteiger partial charge in [-0.15, -0.1) is 0 Å². The molecule has 0 aliphatic rings. The minimum Gasteiger partial charge on any atom is -0.447 e. The minimum atomic E-state index is -1.01. The lowest BCUT2D eigenvalue weighted by Crippen LogP contribution is -2.30. The third-order valence-corrected chi connectivity index (χ3v) is 2.68. The van der Waals surface area contributed by atoms with Gasteiger partial charge in [-0.25, -0.2) is 9.78 Å². The third kappa shape index (κ3) is 4.03. The Morgan fingerprint density at radius 3 is 2.76 bits per heavy atom. The zero-order valence-corrected chi connectivity index (χ0v) is 12.0. The summed E-state index contributed by atoms with van der Waals surface area (Å²) < 4.78 is 9.72. The van der Waals surface area contributed by atoms with Gasteiger partial charge in [-0.1, -0.05) is 16.8 Å². The van der Waals surface area contributed by atoms with Crippen LogP contribution in [0.15, 0.2) is 28.9 Å². The summed E-state index contributed by atoms with van der Waals surface area (Å²) in [6.45, 7) is 3.11. The quantitative estimate of drug-likeness (QED) is 0.870. The Labute approximate surface area is 125 Å². The first kappa shape index (κ1) is 15.0. The summed E-state index contributed by atoms with van der Waals surface area (Å²) in [5.41, 5.74) is 0.546. The monoisotopic (exact) mass is 309 g/mol. The molecule has 1 atom stereocenters. The van der Waals surface area contributed by atoms with Crippen LogP contribution >= 0.6 is 11.6 Å². The maximum atomic E-state index is 11.9. The topological polar surface area (TPSA) is 94.3 Å². The Morgan fingerprint density at radius 2 is 2.19 bits per heavy atom. The molecule has 1 amide bonds. The highest BCUT2D eigenvalue weighted by molar-refractivity contribution is 6.30. The zero-order valence-electron chi connectivity index (χ0n) is 11.3. The molecule has 0 unspecified atom stereocenters. The van der Waals surface area contributed by atoms with Crippen molar-refractivity contribution in [3.63, 3.8) is 0 Å². The maximum Gasteiger partial charge on any atom is 0.377 e. The lowest BCUT2D eigenvalue weighted by atomic mass is 10.3. The second-order valence-corrected chi connectivity index (χ2v) is 4.67. The van der Waals surface area contributed by atoms with Crippen LogP contribution in [-0.2, 0) is 9.53 Å². The molecule has 2 aromatic heterocycles. The SMILES string of the molecule is Cc1cc(C(=O)O[C@H](C)C(=O)Nc2ccc(Cl)cn2)on1. The molecule has 8 heteroatoms. The number of esters is 1. The number of carbonyl (C=O) groups excluding carboxylic acids is 2. The van der Waals surface area contributed by atoms with E-state index in [4.69, 9.17) is 20.9 Å². The second-order valence-electron chi connectivity index (χ2n) is 4.23. The van der Waals surface area contributed by atoms with Gasteiger partial charge in [0.2, 0.25) is 5.76 Å². The number of hydrogen-bond donors (Lipinski definition) is 1. The number of hydrogen-bond acceptors (Lipinski definition) is 6. The fourth-order valence-electron chi connectivity index (χ4n) is 1.41. The van der Waals surface area contributed by atoms with Gasteiger partial charge in [0.1, 0.15) is 5.82 Å². The molecule has 0 spiro atoms. The van der Waals surface area contributed by atoms with Gasteiger partial charge in [-0.05, 0) is 26.0 Å². The normalized spacial score (nSPS) is 11.8. The molecule has 2 aromatic rings. The van der Waals surface area contributed by atoms with Crippen LogP contribution < -0.4 is 5.32 Å². The summed E-state index contributed by atoms with van der Waals surface area (Å²) in [6.07, 6.45) is 0.380. The van der Waals surface area contributed by atoms with Gasteiger partial charge in [0.25, 0.3) is 5.91 Å².